The van der Waals surface area contributed by atoms with Crippen molar-refractivity contribution in [3.63, 3.8) is 0 Å². The van der Waals surface area contributed by atoms with Crippen LogP contribution in [-0.2, 0) is 10.8 Å². The van der Waals surface area contributed by atoms with Gasteiger partial charge in [0.25, 0.3) is 0 Å². The molecule has 0 saturated heterocycles. The van der Waals surface area contributed by atoms with Crippen LogP contribution in [0.15, 0.2) is 17.6 Å². The Hall–Kier alpha value is -0.770. The first-order valence-electron chi connectivity index (χ1n) is 2.82. The van der Waals surface area contributed by atoms with Crippen LogP contribution < -0.4 is 0 Å². The zero-order chi connectivity index (χ0) is 7.56. The molecule has 0 unspecified atom stereocenters. The first-order valence-corrected chi connectivity index (χ1v) is 4.38. The molecule has 3 nitrogen and oxygen atoms in total. The Morgan fingerprint density at radius 2 is 1.90 bits per heavy atom. The van der Waals surface area contributed by atoms with Gasteiger partial charge in [-0.3, -0.25) is 4.21 Å². The average Bonchev–Trinajstić information content (AvgIpc) is 1.88. The first-order chi connectivity index (χ1) is 4.70. The second-order valence-electron chi connectivity index (χ2n) is 2.00. The Morgan fingerprint density at radius 3 is 2.30 bits per heavy atom. The zero-order valence-corrected chi connectivity index (χ0v) is 6.68. The quantitative estimate of drug-likeness (QED) is 0.557. The van der Waals surface area contributed by atoms with Crippen molar-refractivity contribution < 1.29 is 4.21 Å². The molecule has 0 amide bonds. The highest BCUT2D eigenvalue weighted by molar-refractivity contribution is 7.84. The number of nitrogens with zero attached hydrogens (tertiary/aromatic N) is 2. The lowest BCUT2D eigenvalue weighted by Crippen LogP contribution is -1.95. The molecule has 1 atom stereocenters. The lowest BCUT2D eigenvalue weighted by atomic mass is 10.4. The van der Waals surface area contributed by atoms with Gasteiger partial charge >= 0.3 is 0 Å². The van der Waals surface area contributed by atoms with Crippen LogP contribution in [0, 0.1) is 6.92 Å². The molecular formula is C6H8N2OS. The Balaban J connectivity index is 3.00. The number of hydrogen-bond acceptors (Lipinski definition) is 3. The second kappa shape index (κ2) is 2.88. The van der Waals surface area contributed by atoms with E-state index in [0.717, 1.165) is 5.56 Å². The van der Waals surface area contributed by atoms with Crippen LogP contribution in [0.25, 0.3) is 0 Å². The normalized spacial score (nSPS) is 13.0. The van der Waals surface area contributed by atoms with E-state index in [0.29, 0.717) is 5.16 Å². The van der Waals surface area contributed by atoms with Crippen LogP contribution in [0.1, 0.15) is 5.56 Å². The number of hydrogen-bond donors (Lipinski definition) is 0. The van der Waals surface area contributed by atoms with Gasteiger partial charge in [0.2, 0.25) is 5.16 Å². The van der Waals surface area contributed by atoms with E-state index < -0.39 is 10.8 Å². The van der Waals surface area contributed by atoms with E-state index in [1.54, 1.807) is 18.6 Å². The van der Waals surface area contributed by atoms with Gasteiger partial charge in [0.05, 0.1) is 10.8 Å². The molecule has 1 rings (SSSR count). The fourth-order valence-corrected chi connectivity index (χ4v) is 0.931. The Bertz CT molecular complexity index is 244. The fourth-order valence-electron chi connectivity index (χ4n) is 0.529. The highest BCUT2D eigenvalue weighted by atomic mass is 32.2. The maximum atomic E-state index is 10.7. The third kappa shape index (κ3) is 1.60. The van der Waals surface area contributed by atoms with Crippen molar-refractivity contribution in [3.8, 4) is 0 Å². The molecule has 1 aromatic rings. The Morgan fingerprint density at radius 1 is 1.40 bits per heavy atom. The van der Waals surface area contributed by atoms with Crippen molar-refractivity contribution in [3.05, 3.63) is 18.0 Å². The maximum absolute atomic E-state index is 10.7. The minimum Gasteiger partial charge on any atom is -0.251 e. The van der Waals surface area contributed by atoms with E-state index in [1.807, 2.05) is 6.92 Å². The molecule has 10 heavy (non-hydrogen) atoms. The first kappa shape index (κ1) is 7.34. The molecule has 54 valence electrons. The van der Waals surface area contributed by atoms with Crippen LogP contribution in [0.3, 0.4) is 0 Å². The van der Waals surface area contributed by atoms with Crippen molar-refractivity contribution in [2.45, 2.75) is 12.1 Å². The lowest BCUT2D eigenvalue weighted by molar-refractivity contribution is 0.679. The van der Waals surface area contributed by atoms with E-state index in [2.05, 4.69) is 9.97 Å². The van der Waals surface area contributed by atoms with Gasteiger partial charge < -0.3 is 0 Å². The predicted molar refractivity (Wildman–Crippen MR) is 39.1 cm³/mol. The molecular weight excluding hydrogens is 148 g/mol. The SMILES string of the molecule is Cc1cnc([S@](C)=O)nc1. The molecule has 4 heteroatoms. The molecule has 1 aromatic heterocycles. The smallest absolute Gasteiger partial charge is 0.218 e. The summed E-state index contributed by atoms with van der Waals surface area (Å²) in [6.07, 6.45) is 4.87. The Kier molecular flexibility index (Phi) is 2.11. The van der Waals surface area contributed by atoms with Gasteiger partial charge in [-0.15, -0.1) is 0 Å². The zero-order valence-electron chi connectivity index (χ0n) is 5.87. The third-order valence-electron chi connectivity index (χ3n) is 1.01. The molecule has 0 N–H and O–H groups in total. The molecule has 0 fully saturated rings. The third-order valence-corrected chi connectivity index (χ3v) is 1.74. The number of aryl methyl sites for hydroxylation is 1. The Labute approximate surface area is 62.0 Å². The molecule has 0 aromatic carbocycles. The summed E-state index contributed by atoms with van der Waals surface area (Å²) in [6, 6.07) is 0. The average molecular weight is 156 g/mol. The van der Waals surface area contributed by atoms with E-state index in [-0.39, 0.29) is 0 Å². The summed E-state index contributed by atoms with van der Waals surface area (Å²) in [5.41, 5.74) is 0.981. The summed E-state index contributed by atoms with van der Waals surface area (Å²) in [5.74, 6) is 0. The molecule has 0 aliphatic heterocycles. The minimum absolute atomic E-state index is 0.394. The summed E-state index contributed by atoms with van der Waals surface area (Å²) in [7, 11) is -1.06. The van der Waals surface area contributed by atoms with Gasteiger partial charge in [0.15, 0.2) is 0 Å². The maximum Gasteiger partial charge on any atom is 0.218 e. The molecule has 0 aliphatic carbocycles. The molecule has 1 heterocycles. The van der Waals surface area contributed by atoms with E-state index in [4.69, 9.17) is 0 Å². The molecule has 0 radical (unpaired) electrons. The van der Waals surface area contributed by atoms with Crippen molar-refractivity contribution in [2.24, 2.45) is 0 Å². The standard InChI is InChI=1S/C6H8N2OS/c1-5-3-7-6(8-4-5)10(2)9/h3-4H,1-2H3/t10-/m0/s1. The van der Waals surface area contributed by atoms with Gasteiger partial charge in [-0.1, -0.05) is 0 Å². The molecule has 0 spiro atoms. The van der Waals surface area contributed by atoms with Gasteiger partial charge in [-0.25, -0.2) is 9.97 Å². The van der Waals surface area contributed by atoms with Crippen molar-refractivity contribution in [1.82, 2.24) is 9.97 Å². The van der Waals surface area contributed by atoms with Gasteiger partial charge in [0.1, 0.15) is 0 Å². The molecule has 0 aliphatic rings. The highest BCUT2D eigenvalue weighted by Gasteiger charge is 1.97. The monoisotopic (exact) mass is 156 g/mol. The molecule has 0 saturated carbocycles. The van der Waals surface area contributed by atoms with E-state index in [9.17, 15) is 4.21 Å². The van der Waals surface area contributed by atoms with E-state index in [1.165, 1.54) is 0 Å². The van der Waals surface area contributed by atoms with Gasteiger partial charge in [0, 0.05) is 18.6 Å². The van der Waals surface area contributed by atoms with Crippen molar-refractivity contribution in [1.29, 1.82) is 0 Å². The summed E-state index contributed by atoms with van der Waals surface area (Å²) in [6.45, 7) is 1.89. The summed E-state index contributed by atoms with van der Waals surface area (Å²) in [5, 5.41) is 0.394. The lowest BCUT2D eigenvalue weighted by Gasteiger charge is -1.92. The topological polar surface area (TPSA) is 42.9 Å². The number of rotatable bonds is 1. The van der Waals surface area contributed by atoms with Crippen LogP contribution in [0.4, 0.5) is 0 Å². The highest BCUT2D eigenvalue weighted by Crippen LogP contribution is 1.95. The van der Waals surface area contributed by atoms with Gasteiger partial charge in [-0.05, 0) is 12.5 Å². The number of aromatic nitrogens is 2. The second-order valence-corrected chi connectivity index (χ2v) is 3.27. The van der Waals surface area contributed by atoms with Crippen LogP contribution in [0.5, 0.6) is 0 Å². The van der Waals surface area contributed by atoms with E-state index >= 15 is 0 Å². The summed E-state index contributed by atoms with van der Waals surface area (Å²) in [4.78, 5) is 7.73. The molecule has 0 bridgehead atoms. The fraction of sp³-hybridized carbons (Fsp3) is 0.333. The van der Waals surface area contributed by atoms with Crippen LogP contribution >= 0.6 is 0 Å². The summed E-state index contributed by atoms with van der Waals surface area (Å²) >= 11 is 0. The van der Waals surface area contributed by atoms with Crippen LogP contribution in [-0.4, -0.2) is 20.4 Å². The summed E-state index contributed by atoms with van der Waals surface area (Å²) < 4.78 is 10.7. The van der Waals surface area contributed by atoms with Crippen LogP contribution in [0.2, 0.25) is 0 Å². The van der Waals surface area contributed by atoms with Crippen molar-refractivity contribution in [2.75, 3.05) is 6.26 Å². The van der Waals surface area contributed by atoms with Crippen molar-refractivity contribution >= 4 is 10.8 Å². The van der Waals surface area contributed by atoms with Gasteiger partial charge in [-0.2, -0.15) is 0 Å². The largest absolute Gasteiger partial charge is 0.251 e. The predicted octanol–water partition coefficient (Wildman–Crippen LogP) is 0.522. The minimum atomic E-state index is -1.06.